The molecule has 0 unspecified atom stereocenters. The first-order valence-corrected chi connectivity index (χ1v) is 9.73. The van der Waals surface area contributed by atoms with E-state index in [1.165, 1.54) is 6.07 Å². The van der Waals surface area contributed by atoms with Crippen LogP contribution in [-0.4, -0.2) is 22.6 Å². The van der Waals surface area contributed by atoms with Gasteiger partial charge in [0.25, 0.3) is 5.91 Å². The second kappa shape index (κ2) is 8.28. The Hall–Kier alpha value is -3.19. The fourth-order valence-corrected chi connectivity index (χ4v) is 3.61. The molecule has 4 aromatic rings. The average molecular weight is 430 g/mol. The number of benzene rings is 2. The maximum absolute atomic E-state index is 13.8. The maximum atomic E-state index is 13.8. The van der Waals surface area contributed by atoms with E-state index in [0.717, 1.165) is 40.4 Å². The van der Waals surface area contributed by atoms with Crippen LogP contribution < -0.4 is 5.32 Å². The van der Waals surface area contributed by atoms with Gasteiger partial charge in [-0.3, -0.25) is 4.79 Å². The summed E-state index contributed by atoms with van der Waals surface area (Å²) in [5.41, 5.74) is 3.30. The van der Waals surface area contributed by atoms with E-state index < -0.39 is 17.5 Å². The molecule has 0 aliphatic heterocycles. The lowest BCUT2D eigenvalue weighted by atomic mass is 10.1. The summed E-state index contributed by atoms with van der Waals surface area (Å²) in [6.07, 6.45) is 0.607. The molecule has 0 aliphatic rings. The van der Waals surface area contributed by atoms with Gasteiger partial charge in [0.15, 0.2) is 5.69 Å². The molecule has 30 heavy (non-hydrogen) atoms. The standard InChI is InChI=1S/C22H18ClF2N3O2/c1-12-17(18-10-14(23)2-5-20(18)27-12)6-7-26-22(29)21-11-16(30-28-21)9-13-8-15(24)3-4-19(13)25/h2-5,8,10-11,27H,6-7,9H2,1H3,(H,26,29). The van der Waals surface area contributed by atoms with Gasteiger partial charge in [-0.05, 0) is 60.9 Å². The molecule has 0 saturated carbocycles. The summed E-state index contributed by atoms with van der Waals surface area (Å²) < 4.78 is 32.2. The highest BCUT2D eigenvalue weighted by atomic mass is 35.5. The molecule has 8 heteroatoms. The van der Waals surface area contributed by atoms with E-state index >= 15 is 0 Å². The number of amides is 1. The van der Waals surface area contributed by atoms with Crippen LogP contribution in [0.2, 0.25) is 5.02 Å². The SMILES string of the molecule is Cc1[nH]c2ccc(Cl)cc2c1CCNC(=O)c1cc(Cc2cc(F)ccc2F)on1. The third-order valence-corrected chi connectivity index (χ3v) is 5.14. The zero-order valence-electron chi connectivity index (χ0n) is 16.1. The lowest BCUT2D eigenvalue weighted by Crippen LogP contribution is -2.26. The first kappa shape index (κ1) is 20.1. The zero-order chi connectivity index (χ0) is 21.3. The van der Waals surface area contributed by atoms with Gasteiger partial charge in [-0.2, -0.15) is 0 Å². The Morgan fingerprint density at radius 1 is 1.20 bits per heavy atom. The monoisotopic (exact) mass is 429 g/mol. The van der Waals surface area contributed by atoms with E-state index in [-0.39, 0.29) is 23.4 Å². The molecule has 5 nitrogen and oxygen atoms in total. The Labute approximate surface area is 176 Å². The number of nitrogens with one attached hydrogen (secondary N) is 2. The van der Waals surface area contributed by atoms with Crippen molar-refractivity contribution in [2.45, 2.75) is 19.8 Å². The summed E-state index contributed by atoms with van der Waals surface area (Å²) in [6, 6.07) is 10.3. The lowest BCUT2D eigenvalue weighted by Gasteiger charge is -2.04. The van der Waals surface area contributed by atoms with Crippen LogP contribution in [0.5, 0.6) is 0 Å². The number of aromatic amines is 1. The minimum Gasteiger partial charge on any atom is -0.360 e. The largest absolute Gasteiger partial charge is 0.360 e. The molecule has 2 aromatic carbocycles. The smallest absolute Gasteiger partial charge is 0.273 e. The fourth-order valence-electron chi connectivity index (χ4n) is 3.44. The highest BCUT2D eigenvalue weighted by Gasteiger charge is 2.15. The summed E-state index contributed by atoms with van der Waals surface area (Å²) in [5.74, 6) is -1.22. The fraction of sp³-hybridized carbons (Fsp3) is 0.182. The van der Waals surface area contributed by atoms with Crippen molar-refractivity contribution >= 4 is 28.4 Å². The minimum absolute atomic E-state index is 0.000827. The Morgan fingerprint density at radius 2 is 2.03 bits per heavy atom. The number of hydrogen-bond donors (Lipinski definition) is 2. The molecule has 1 amide bonds. The summed E-state index contributed by atoms with van der Waals surface area (Å²) in [4.78, 5) is 15.7. The second-order valence-electron chi connectivity index (χ2n) is 7.02. The molecule has 0 fully saturated rings. The van der Waals surface area contributed by atoms with Gasteiger partial charge < -0.3 is 14.8 Å². The predicted molar refractivity (Wildman–Crippen MR) is 110 cm³/mol. The molecule has 0 radical (unpaired) electrons. The number of aryl methyl sites for hydroxylation is 1. The Morgan fingerprint density at radius 3 is 2.87 bits per heavy atom. The first-order chi connectivity index (χ1) is 14.4. The predicted octanol–water partition coefficient (Wildman–Crippen LogP) is 4.96. The van der Waals surface area contributed by atoms with Crippen LogP contribution in [0.1, 0.15) is 33.1 Å². The highest BCUT2D eigenvalue weighted by molar-refractivity contribution is 6.31. The Kier molecular flexibility index (Phi) is 5.55. The molecule has 2 N–H and O–H groups in total. The number of rotatable bonds is 6. The van der Waals surface area contributed by atoms with Crippen molar-refractivity contribution in [1.29, 1.82) is 0 Å². The quantitative estimate of drug-likeness (QED) is 0.455. The van der Waals surface area contributed by atoms with E-state index in [1.807, 2.05) is 25.1 Å². The number of nitrogens with zero attached hydrogens (tertiary/aromatic N) is 1. The zero-order valence-corrected chi connectivity index (χ0v) is 16.8. The summed E-state index contributed by atoms with van der Waals surface area (Å²) in [5, 5.41) is 8.20. The van der Waals surface area contributed by atoms with Crippen molar-refractivity contribution in [1.82, 2.24) is 15.5 Å². The lowest BCUT2D eigenvalue weighted by molar-refractivity contribution is 0.0945. The number of H-pyrrole nitrogens is 1. The van der Waals surface area contributed by atoms with Crippen LogP contribution in [0.15, 0.2) is 47.0 Å². The molecule has 154 valence electrons. The molecule has 0 aliphatic carbocycles. The van der Waals surface area contributed by atoms with E-state index in [4.69, 9.17) is 16.1 Å². The number of fused-ring (bicyclic) bond motifs is 1. The van der Waals surface area contributed by atoms with Crippen molar-refractivity contribution in [2.24, 2.45) is 0 Å². The van der Waals surface area contributed by atoms with E-state index in [9.17, 15) is 13.6 Å². The van der Waals surface area contributed by atoms with Crippen LogP contribution in [0.4, 0.5) is 8.78 Å². The van der Waals surface area contributed by atoms with Gasteiger partial charge in [-0.25, -0.2) is 8.78 Å². The molecule has 0 saturated heterocycles. The molecular weight excluding hydrogens is 412 g/mol. The third-order valence-electron chi connectivity index (χ3n) is 4.91. The Bertz CT molecular complexity index is 1230. The minimum atomic E-state index is -0.548. The molecule has 0 bridgehead atoms. The van der Waals surface area contributed by atoms with Gasteiger partial charge in [-0.1, -0.05) is 16.8 Å². The van der Waals surface area contributed by atoms with Gasteiger partial charge >= 0.3 is 0 Å². The molecular formula is C22H18ClF2N3O2. The topological polar surface area (TPSA) is 70.9 Å². The number of carbonyl (C=O) groups is 1. The van der Waals surface area contributed by atoms with Gasteiger partial charge in [0.1, 0.15) is 17.4 Å². The van der Waals surface area contributed by atoms with E-state index in [2.05, 4.69) is 15.5 Å². The first-order valence-electron chi connectivity index (χ1n) is 9.35. The third kappa shape index (κ3) is 4.21. The van der Waals surface area contributed by atoms with Crippen molar-refractivity contribution in [3.8, 4) is 0 Å². The normalized spacial score (nSPS) is 11.2. The van der Waals surface area contributed by atoms with Crippen LogP contribution in [-0.2, 0) is 12.8 Å². The average Bonchev–Trinajstić information content (AvgIpc) is 3.29. The summed E-state index contributed by atoms with van der Waals surface area (Å²) in [7, 11) is 0. The number of aromatic nitrogens is 2. The van der Waals surface area contributed by atoms with Crippen LogP contribution in [0.25, 0.3) is 10.9 Å². The molecule has 2 aromatic heterocycles. The van der Waals surface area contributed by atoms with Crippen LogP contribution in [0.3, 0.4) is 0 Å². The molecule has 0 spiro atoms. The van der Waals surface area contributed by atoms with Gasteiger partial charge in [0.2, 0.25) is 0 Å². The highest BCUT2D eigenvalue weighted by Crippen LogP contribution is 2.25. The molecule has 4 rings (SSSR count). The van der Waals surface area contributed by atoms with Crippen molar-refractivity contribution in [3.05, 3.63) is 87.4 Å². The summed E-state index contributed by atoms with van der Waals surface area (Å²) >= 11 is 6.10. The van der Waals surface area contributed by atoms with Crippen molar-refractivity contribution in [3.63, 3.8) is 0 Å². The molecule has 2 heterocycles. The second-order valence-corrected chi connectivity index (χ2v) is 7.45. The Balaban J connectivity index is 1.39. The van der Waals surface area contributed by atoms with Crippen LogP contribution in [0, 0.1) is 18.6 Å². The summed E-state index contributed by atoms with van der Waals surface area (Å²) in [6.45, 7) is 2.36. The molecule has 0 atom stereocenters. The van der Waals surface area contributed by atoms with Crippen molar-refractivity contribution < 1.29 is 18.1 Å². The van der Waals surface area contributed by atoms with E-state index in [0.29, 0.717) is 18.0 Å². The van der Waals surface area contributed by atoms with E-state index in [1.54, 1.807) is 0 Å². The van der Waals surface area contributed by atoms with Gasteiger partial charge in [-0.15, -0.1) is 0 Å². The van der Waals surface area contributed by atoms with Crippen molar-refractivity contribution in [2.75, 3.05) is 6.54 Å². The number of hydrogen-bond acceptors (Lipinski definition) is 3. The number of carbonyl (C=O) groups excluding carboxylic acids is 1. The van der Waals surface area contributed by atoms with Gasteiger partial charge in [0.05, 0.1) is 0 Å². The maximum Gasteiger partial charge on any atom is 0.273 e. The van der Waals surface area contributed by atoms with Crippen LogP contribution >= 0.6 is 11.6 Å². The number of halogens is 3. The van der Waals surface area contributed by atoms with Gasteiger partial charge in [0, 0.05) is 40.7 Å².